The molecule has 2 amide bonds. The summed E-state index contributed by atoms with van der Waals surface area (Å²) in [5.41, 5.74) is 5.48. The monoisotopic (exact) mass is 1020 g/mol. The first-order valence-corrected chi connectivity index (χ1v) is 26.5. The number of amides is 2. The summed E-state index contributed by atoms with van der Waals surface area (Å²) >= 11 is 1.42. The Balaban J connectivity index is 0.683. The van der Waals surface area contributed by atoms with Crippen molar-refractivity contribution in [3.8, 4) is 11.5 Å². The molecule has 73 heavy (non-hydrogen) atoms. The fourth-order valence-corrected chi connectivity index (χ4v) is 12.4. The number of piperazine rings is 1. The van der Waals surface area contributed by atoms with Crippen LogP contribution in [0.3, 0.4) is 0 Å². The fourth-order valence-electron chi connectivity index (χ4n) is 11.3. The zero-order chi connectivity index (χ0) is 50.8. The molecular formula is C55H63F3N8O6S. The van der Waals surface area contributed by atoms with E-state index in [1.807, 2.05) is 43.5 Å². The molecule has 5 aliphatic rings. The van der Waals surface area contributed by atoms with Gasteiger partial charge in [-0.25, -0.2) is 9.37 Å². The molecule has 0 radical (unpaired) electrons. The number of ether oxygens (including phenoxy) is 2. The topological polar surface area (TPSA) is 174 Å². The Morgan fingerprint density at radius 2 is 1.74 bits per heavy atom. The molecule has 2 saturated heterocycles. The first kappa shape index (κ1) is 49.3. The molecule has 3 fully saturated rings. The van der Waals surface area contributed by atoms with Gasteiger partial charge in [-0.1, -0.05) is 26.0 Å². The number of aliphatic hydroxyl groups excluding tert-OH is 2. The first-order chi connectivity index (χ1) is 35.0. The normalized spacial score (nSPS) is 20.8. The third kappa shape index (κ3) is 9.96. The van der Waals surface area contributed by atoms with E-state index in [1.165, 1.54) is 65.3 Å². The molecule has 0 unspecified atom stereocenters. The number of nitrogens with one attached hydrogen (secondary N) is 5. The van der Waals surface area contributed by atoms with Crippen molar-refractivity contribution in [3.63, 3.8) is 0 Å². The Hall–Kier alpha value is -5.92. The van der Waals surface area contributed by atoms with Crippen molar-refractivity contribution < 1.29 is 42.4 Å². The summed E-state index contributed by atoms with van der Waals surface area (Å²) < 4.78 is 54.3. The van der Waals surface area contributed by atoms with Gasteiger partial charge in [-0.3, -0.25) is 9.59 Å². The second-order valence-corrected chi connectivity index (χ2v) is 22.4. The van der Waals surface area contributed by atoms with Crippen molar-refractivity contribution in [2.24, 2.45) is 0 Å². The van der Waals surface area contributed by atoms with Crippen LogP contribution in [0.5, 0.6) is 11.5 Å². The maximum Gasteiger partial charge on any atom is 0.586 e. The number of thiophene rings is 1. The van der Waals surface area contributed by atoms with Crippen LogP contribution in [0.1, 0.15) is 96.5 Å². The van der Waals surface area contributed by atoms with Crippen LogP contribution in [0.2, 0.25) is 0 Å². The molecule has 6 heterocycles. The second kappa shape index (κ2) is 19.4. The molecule has 2 aliphatic carbocycles. The van der Waals surface area contributed by atoms with E-state index >= 15 is 4.39 Å². The van der Waals surface area contributed by atoms with E-state index in [4.69, 9.17) is 4.98 Å². The van der Waals surface area contributed by atoms with Gasteiger partial charge >= 0.3 is 6.29 Å². The zero-order valence-electron chi connectivity index (χ0n) is 41.4. The lowest BCUT2D eigenvalue weighted by Gasteiger charge is -2.35. The second-order valence-electron chi connectivity index (χ2n) is 21.5. The van der Waals surface area contributed by atoms with Crippen molar-refractivity contribution in [1.29, 1.82) is 0 Å². The number of aliphatic hydroxyl groups is 2. The van der Waals surface area contributed by atoms with E-state index in [9.17, 15) is 28.6 Å². The lowest BCUT2D eigenvalue weighted by Crippen LogP contribution is -2.51. The number of aromatic nitrogens is 2. The number of hydrogen-bond acceptors (Lipinski definition) is 12. The van der Waals surface area contributed by atoms with Crippen LogP contribution in [-0.4, -0.2) is 101 Å². The average Bonchev–Trinajstić information content (AvgIpc) is 3.68. The summed E-state index contributed by atoms with van der Waals surface area (Å²) in [6, 6.07) is 21.1. The largest absolute Gasteiger partial charge is 0.586 e. The Morgan fingerprint density at radius 1 is 0.959 bits per heavy atom. The molecule has 11 rings (SSSR count). The SMILES string of the molecule is Cc1ccc2c(NCCCCNC[C@H](O)Cn3c(C(C)(C)CO)cc4cc(NC(=O)C5(c6ccc7c(c6)OC(F)(F)O7)CC5)c(F)cc43)c(C(=O)N[C@H]3CCc4cc(N5C[C@H]6CC[C@@H](C5)N6)ccc4C3)sc2n1. The van der Waals surface area contributed by atoms with E-state index in [-0.39, 0.29) is 48.8 Å². The number of benzene rings is 3. The van der Waals surface area contributed by atoms with Crippen LogP contribution < -0.4 is 41.0 Å². The molecule has 1 saturated carbocycles. The summed E-state index contributed by atoms with van der Waals surface area (Å²) in [6.45, 7) is 9.21. The van der Waals surface area contributed by atoms with Gasteiger partial charge < -0.3 is 55.7 Å². The number of nitrogens with zero attached hydrogens (tertiary/aromatic N) is 3. The molecule has 6 aromatic rings. The highest BCUT2D eigenvalue weighted by Gasteiger charge is 2.53. The summed E-state index contributed by atoms with van der Waals surface area (Å²) in [5.74, 6) is -1.54. The standard InChI is InChI=1S/C55H63F3N8O6S/c1-31-6-14-41-48(49(73-51(41)61-31)50(69)63-36-10-7-33-21-39(13-8-32(33)20-36)65-27-37-11-12-38(28-65)62-37)60-19-5-4-18-59-26-40(68)29-66-44-25-42(56)43(22-34(44)23-47(66)53(2,3)30-67)64-52(70)54(16-17-54)35-9-15-45-46(24-35)72-55(57,58)71-45/h6,8-9,13-15,21-25,36-38,40,59-60,62,67-68H,4-5,7,10-12,16-20,26-30H2,1-3H3,(H,63,69)(H,64,70)/t36-,37-,38+,40-/m0/s1. The van der Waals surface area contributed by atoms with Crippen LogP contribution in [0.25, 0.3) is 21.1 Å². The molecule has 2 bridgehead atoms. The van der Waals surface area contributed by atoms with Gasteiger partial charge in [-0.2, -0.15) is 0 Å². The quantitative estimate of drug-likeness (QED) is 0.0416. The van der Waals surface area contributed by atoms with Crippen LogP contribution in [0.4, 0.5) is 30.2 Å². The van der Waals surface area contributed by atoms with Crippen molar-refractivity contribution in [1.82, 2.24) is 25.5 Å². The number of pyridine rings is 1. The summed E-state index contributed by atoms with van der Waals surface area (Å²) in [7, 11) is 0. The number of anilines is 3. The maximum atomic E-state index is 16.0. The Bertz CT molecular complexity index is 3090. The van der Waals surface area contributed by atoms with Gasteiger partial charge in [0, 0.05) is 83.6 Å². The van der Waals surface area contributed by atoms with Gasteiger partial charge in [-0.15, -0.1) is 20.1 Å². The Kier molecular flexibility index (Phi) is 13.1. The Labute approximate surface area is 426 Å². The van der Waals surface area contributed by atoms with Crippen molar-refractivity contribution >= 4 is 61.3 Å². The molecule has 386 valence electrons. The number of carbonyl (C=O) groups excluding carboxylic acids is 2. The first-order valence-electron chi connectivity index (χ1n) is 25.7. The minimum Gasteiger partial charge on any atom is -0.395 e. The summed E-state index contributed by atoms with van der Waals surface area (Å²) in [4.78, 5) is 36.5. The molecule has 0 spiro atoms. The van der Waals surface area contributed by atoms with Crippen LogP contribution in [0.15, 0.2) is 66.7 Å². The van der Waals surface area contributed by atoms with Gasteiger partial charge in [0.25, 0.3) is 5.91 Å². The van der Waals surface area contributed by atoms with Crippen LogP contribution >= 0.6 is 11.3 Å². The van der Waals surface area contributed by atoms with Crippen molar-refractivity contribution in [2.45, 2.75) is 126 Å². The van der Waals surface area contributed by atoms with Gasteiger partial charge in [0.1, 0.15) is 15.5 Å². The third-order valence-corrected chi connectivity index (χ3v) is 16.7. The Morgan fingerprint density at radius 3 is 2.52 bits per heavy atom. The summed E-state index contributed by atoms with van der Waals surface area (Å²) in [6.07, 6.45) is 2.93. The fraction of sp³-hybridized carbons (Fsp3) is 0.473. The summed E-state index contributed by atoms with van der Waals surface area (Å²) in [5, 5.41) is 40.0. The smallest absolute Gasteiger partial charge is 0.395 e. The third-order valence-electron chi connectivity index (χ3n) is 15.6. The molecule has 3 aromatic heterocycles. The van der Waals surface area contributed by atoms with E-state index < -0.39 is 35.0 Å². The molecule has 4 atom stereocenters. The average molecular weight is 1020 g/mol. The van der Waals surface area contributed by atoms with E-state index in [0.29, 0.717) is 65.1 Å². The van der Waals surface area contributed by atoms with Gasteiger partial charge in [0.2, 0.25) is 5.91 Å². The number of hydrogen-bond donors (Lipinski definition) is 7. The lowest BCUT2D eigenvalue weighted by molar-refractivity contribution is -0.286. The highest BCUT2D eigenvalue weighted by molar-refractivity contribution is 7.21. The molecule has 14 nitrogen and oxygen atoms in total. The van der Waals surface area contributed by atoms with Gasteiger partial charge in [0.15, 0.2) is 11.5 Å². The number of alkyl halides is 2. The maximum absolute atomic E-state index is 16.0. The molecule has 3 aromatic carbocycles. The zero-order valence-corrected chi connectivity index (χ0v) is 42.2. The predicted molar refractivity (Wildman–Crippen MR) is 277 cm³/mol. The van der Waals surface area contributed by atoms with Crippen molar-refractivity contribution in [2.75, 3.05) is 54.9 Å². The van der Waals surface area contributed by atoms with E-state index in [1.54, 1.807) is 6.07 Å². The minimum atomic E-state index is -3.79. The van der Waals surface area contributed by atoms with Gasteiger partial charge in [0.05, 0.1) is 41.6 Å². The number of fused-ring (bicyclic) bond motifs is 6. The molecule has 7 N–H and O–H groups in total. The predicted octanol–water partition coefficient (Wildman–Crippen LogP) is 8.03. The van der Waals surface area contributed by atoms with Crippen LogP contribution in [0, 0.1) is 12.7 Å². The van der Waals surface area contributed by atoms with Gasteiger partial charge in [-0.05, 0) is 136 Å². The van der Waals surface area contributed by atoms with E-state index in [0.717, 1.165) is 66.8 Å². The lowest BCUT2D eigenvalue weighted by atomic mass is 9.87. The number of aryl methyl sites for hydroxylation is 2. The molecule has 18 heteroatoms. The van der Waals surface area contributed by atoms with E-state index in [2.05, 4.69) is 59.2 Å². The minimum absolute atomic E-state index is 0.0359. The highest BCUT2D eigenvalue weighted by atomic mass is 32.1. The highest BCUT2D eigenvalue weighted by Crippen LogP contribution is 2.52. The molecule has 3 aliphatic heterocycles. The van der Waals surface area contributed by atoms with Crippen molar-refractivity contribution in [3.05, 3.63) is 106 Å². The number of rotatable bonds is 18. The number of unbranched alkanes of at least 4 members (excludes halogenated alkanes) is 1. The molecular weight excluding hydrogens is 958 g/mol. The van der Waals surface area contributed by atoms with Crippen LogP contribution in [-0.2, 0) is 35.0 Å². The number of halogens is 3. The number of carbonyl (C=O) groups is 2.